The van der Waals surface area contributed by atoms with Gasteiger partial charge in [-0.3, -0.25) is 19.1 Å². The second kappa shape index (κ2) is 12.2. The molecule has 0 saturated heterocycles. The Morgan fingerprint density at radius 3 is 2.62 bits per heavy atom. The molecular weight excluding hydrogens is 596 g/mol. The van der Waals surface area contributed by atoms with Crippen molar-refractivity contribution < 1.29 is 27.5 Å². The van der Waals surface area contributed by atoms with Crippen LogP contribution in [-0.2, 0) is 24.4 Å². The fourth-order valence-corrected chi connectivity index (χ4v) is 7.87. The number of hydrogen-bond acceptors (Lipinski definition) is 9. The molecular formula is C32H42N6O6S. The van der Waals surface area contributed by atoms with Crippen molar-refractivity contribution in [2.45, 2.75) is 88.1 Å². The number of para-hydroxylation sites is 1. The average Bonchev–Trinajstić information content (AvgIpc) is 3.91. The molecule has 0 spiro atoms. The number of aromatic nitrogens is 2. The maximum Gasteiger partial charge on any atom is 0.259 e. The van der Waals surface area contributed by atoms with Crippen LogP contribution in [-0.4, -0.2) is 77.5 Å². The first-order valence-electron chi connectivity index (χ1n) is 16.0. The van der Waals surface area contributed by atoms with Crippen molar-refractivity contribution in [3.05, 3.63) is 36.4 Å². The molecule has 1 aliphatic heterocycles. The molecule has 3 N–H and O–H groups in total. The molecule has 5 atom stereocenters. The van der Waals surface area contributed by atoms with E-state index in [-0.39, 0.29) is 24.3 Å². The highest BCUT2D eigenvalue weighted by Gasteiger charge is 2.62. The summed E-state index contributed by atoms with van der Waals surface area (Å²) in [6, 6.07) is 7.61. The summed E-state index contributed by atoms with van der Waals surface area (Å²) in [6.45, 7) is 4.54. The van der Waals surface area contributed by atoms with Crippen LogP contribution in [0.25, 0.3) is 10.9 Å². The minimum Gasteiger partial charge on any atom is -0.474 e. The Morgan fingerprint density at radius 2 is 1.87 bits per heavy atom. The molecule has 4 aliphatic rings. The van der Waals surface area contributed by atoms with Gasteiger partial charge in [-0.25, -0.2) is 13.4 Å². The third-order valence-corrected chi connectivity index (χ3v) is 11.1. The fourth-order valence-electron chi connectivity index (χ4n) is 6.51. The zero-order chi connectivity index (χ0) is 31.9. The van der Waals surface area contributed by atoms with Gasteiger partial charge >= 0.3 is 0 Å². The van der Waals surface area contributed by atoms with Crippen molar-refractivity contribution in [2.24, 2.45) is 17.8 Å². The minimum absolute atomic E-state index is 0.0945. The van der Waals surface area contributed by atoms with Crippen LogP contribution in [0.4, 0.5) is 5.95 Å². The van der Waals surface area contributed by atoms with Gasteiger partial charge in [-0.1, -0.05) is 24.3 Å². The van der Waals surface area contributed by atoms with Crippen LogP contribution in [0.1, 0.15) is 65.2 Å². The number of hydrogen-bond donors (Lipinski definition) is 3. The van der Waals surface area contributed by atoms with Crippen molar-refractivity contribution in [1.82, 2.24) is 24.9 Å². The number of amides is 3. The molecule has 3 amide bonds. The van der Waals surface area contributed by atoms with Gasteiger partial charge in [0.05, 0.1) is 28.0 Å². The van der Waals surface area contributed by atoms with E-state index >= 15 is 0 Å². The Hall–Kier alpha value is -3.74. The number of nitrogens with zero attached hydrogens (tertiary/aromatic N) is 3. The standard InChI is InChI=1S/C32H42N6O6S/c1-19(2)33-31-34-26-12-8-7-11-23(26)28(35-31)44-21-16-24-25(17-21)29(40)38(3)15-9-5-4-6-10-20-18-32(20,36-27(24)39)30(41)37-45(42,43)22-13-14-22/h6-8,10-12,19-22,24-25H,4-5,9,13-18H2,1-3H3,(H,36,39)(H,37,41)(H,33,34,35)/b10-6+. The zero-order valence-electron chi connectivity index (χ0n) is 26.0. The summed E-state index contributed by atoms with van der Waals surface area (Å²) in [4.78, 5) is 52.2. The predicted octanol–water partition coefficient (Wildman–Crippen LogP) is 2.91. The summed E-state index contributed by atoms with van der Waals surface area (Å²) in [6.07, 6.45) is 7.66. The van der Waals surface area contributed by atoms with Crippen LogP contribution in [0.3, 0.4) is 0 Å². The van der Waals surface area contributed by atoms with Crippen LogP contribution in [0.5, 0.6) is 5.88 Å². The van der Waals surface area contributed by atoms with Crippen molar-refractivity contribution in [3.63, 3.8) is 0 Å². The Labute approximate surface area is 263 Å². The van der Waals surface area contributed by atoms with E-state index in [4.69, 9.17) is 4.74 Å². The monoisotopic (exact) mass is 638 g/mol. The maximum absolute atomic E-state index is 14.0. The molecule has 12 nitrogen and oxygen atoms in total. The first kappa shape index (κ1) is 31.3. The van der Waals surface area contributed by atoms with Crippen LogP contribution < -0.4 is 20.1 Å². The summed E-state index contributed by atoms with van der Waals surface area (Å²) in [5.74, 6) is -2.30. The van der Waals surface area contributed by atoms with Crippen LogP contribution in [0, 0.1) is 17.8 Å². The topological polar surface area (TPSA) is 160 Å². The number of rotatable bonds is 7. The molecule has 6 rings (SSSR count). The van der Waals surface area contributed by atoms with Crippen LogP contribution >= 0.6 is 0 Å². The number of carbonyl (C=O) groups is 3. The van der Waals surface area contributed by atoms with Gasteiger partial charge in [0.25, 0.3) is 5.91 Å². The second-order valence-corrected chi connectivity index (χ2v) is 15.2. The third-order valence-electron chi connectivity index (χ3n) is 9.26. The van der Waals surface area contributed by atoms with E-state index < -0.39 is 50.6 Å². The van der Waals surface area contributed by atoms with E-state index in [1.165, 1.54) is 0 Å². The highest BCUT2D eigenvalue weighted by atomic mass is 32.2. The van der Waals surface area contributed by atoms with Gasteiger partial charge in [0.2, 0.25) is 33.7 Å². The molecule has 3 fully saturated rings. The van der Waals surface area contributed by atoms with Crippen LogP contribution in [0.2, 0.25) is 0 Å². The molecule has 2 heterocycles. The lowest BCUT2D eigenvalue weighted by Gasteiger charge is -2.26. The first-order valence-corrected chi connectivity index (χ1v) is 17.5. The zero-order valence-corrected chi connectivity index (χ0v) is 26.8. The Kier molecular flexibility index (Phi) is 8.49. The largest absolute Gasteiger partial charge is 0.474 e. The summed E-state index contributed by atoms with van der Waals surface area (Å²) < 4.78 is 34.0. The Balaban J connectivity index is 1.28. The molecule has 13 heteroatoms. The van der Waals surface area contributed by atoms with Gasteiger partial charge in [0.1, 0.15) is 11.6 Å². The smallest absolute Gasteiger partial charge is 0.259 e. The van der Waals surface area contributed by atoms with E-state index in [1.54, 1.807) is 11.9 Å². The number of carbonyl (C=O) groups excluding carboxylic acids is 3. The van der Waals surface area contributed by atoms with Crippen LogP contribution in [0.15, 0.2) is 36.4 Å². The summed E-state index contributed by atoms with van der Waals surface area (Å²) in [5, 5.41) is 6.30. The van der Waals surface area contributed by atoms with E-state index in [9.17, 15) is 22.8 Å². The summed E-state index contributed by atoms with van der Waals surface area (Å²) >= 11 is 0. The highest BCUT2D eigenvalue weighted by molar-refractivity contribution is 7.91. The first-order chi connectivity index (χ1) is 21.5. The van der Waals surface area contributed by atoms with Crippen molar-refractivity contribution in [3.8, 4) is 5.88 Å². The molecule has 1 aromatic carbocycles. The van der Waals surface area contributed by atoms with Gasteiger partial charge < -0.3 is 20.3 Å². The van der Waals surface area contributed by atoms with E-state index in [1.807, 2.05) is 50.3 Å². The molecule has 1 aromatic heterocycles. The number of anilines is 1. The molecule has 5 unspecified atom stereocenters. The van der Waals surface area contributed by atoms with Gasteiger partial charge in [-0.05, 0) is 77.3 Å². The SMILES string of the molecule is CC(C)Nc1nc(OC2CC3C(=O)NC4(C(=O)NS(=O)(=O)C5CC5)CC4/C=C/CCCCN(C)C(=O)C3C2)c2ccccc2n1. The quantitative estimate of drug-likeness (QED) is 0.388. The third kappa shape index (κ3) is 6.63. The molecule has 3 aliphatic carbocycles. The maximum atomic E-state index is 14.0. The summed E-state index contributed by atoms with van der Waals surface area (Å²) in [7, 11) is -2.05. The number of sulfonamides is 1. The van der Waals surface area contributed by atoms with E-state index in [2.05, 4.69) is 25.3 Å². The lowest BCUT2D eigenvalue weighted by atomic mass is 9.93. The highest BCUT2D eigenvalue weighted by Crippen LogP contribution is 2.47. The number of fused-ring (bicyclic) bond motifs is 3. The number of ether oxygens (including phenoxy) is 1. The van der Waals surface area contributed by atoms with E-state index in [0.29, 0.717) is 49.6 Å². The van der Waals surface area contributed by atoms with Crippen molar-refractivity contribution in [2.75, 3.05) is 18.9 Å². The second-order valence-electron chi connectivity index (χ2n) is 13.2. The minimum atomic E-state index is -3.80. The van der Waals surface area contributed by atoms with Gasteiger partial charge in [-0.15, -0.1) is 0 Å². The normalized spacial score (nSPS) is 29.7. The molecule has 242 valence electrons. The Bertz CT molecular complexity index is 1620. The molecule has 45 heavy (non-hydrogen) atoms. The Morgan fingerprint density at radius 1 is 1.11 bits per heavy atom. The number of benzene rings is 1. The average molecular weight is 639 g/mol. The fraction of sp³-hybridized carbons (Fsp3) is 0.594. The lowest BCUT2D eigenvalue weighted by Crippen LogP contribution is -2.54. The number of nitrogens with one attached hydrogen (secondary N) is 3. The molecule has 3 saturated carbocycles. The van der Waals surface area contributed by atoms with Gasteiger partial charge in [0, 0.05) is 25.6 Å². The number of allylic oxidation sites excluding steroid dienone is 1. The lowest BCUT2D eigenvalue weighted by molar-refractivity contribution is -0.140. The van der Waals surface area contributed by atoms with E-state index in [0.717, 1.165) is 24.6 Å². The molecule has 0 bridgehead atoms. The molecule has 0 radical (unpaired) electrons. The van der Waals surface area contributed by atoms with Crippen molar-refractivity contribution in [1.29, 1.82) is 0 Å². The van der Waals surface area contributed by atoms with Crippen molar-refractivity contribution >= 4 is 44.6 Å². The van der Waals surface area contributed by atoms with Gasteiger partial charge in [0.15, 0.2) is 0 Å². The summed E-state index contributed by atoms with van der Waals surface area (Å²) in [5.41, 5.74) is -0.670. The predicted molar refractivity (Wildman–Crippen MR) is 169 cm³/mol. The van der Waals surface area contributed by atoms with Gasteiger partial charge in [-0.2, -0.15) is 4.98 Å². The molecule has 2 aromatic rings.